The summed E-state index contributed by atoms with van der Waals surface area (Å²) in [5.41, 5.74) is 0.609. The summed E-state index contributed by atoms with van der Waals surface area (Å²) in [6, 6.07) is 16.2. The molecule has 1 aliphatic rings. The Balaban J connectivity index is 1.68. The predicted octanol–water partition coefficient (Wildman–Crippen LogP) is 1.80. The van der Waals surface area contributed by atoms with Crippen molar-refractivity contribution in [2.45, 2.75) is 4.90 Å². The molecule has 1 aliphatic heterocycles. The van der Waals surface area contributed by atoms with Crippen LogP contribution in [-0.2, 0) is 10.0 Å². The zero-order valence-electron chi connectivity index (χ0n) is 11.2. The van der Waals surface area contributed by atoms with Gasteiger partial charge < -0.3 is 4.74 Å². The highest BCUT2D eigenvalue weighted by Crippen LogP contribution is 2.22. The molecule has 1 heterocycles. The van der Waals surface area contributed by atoms with Crippen LogP contribution in [0.15, 0.2) is 64.5 Å². The highest BCUT2D eigenvalue weighted by molar-refractivity contribution is 7.90. The van der Waals surface area contributed by atoms with Gasteiger partial charge in [-0.3, -0.25) is 9.71 Å². The summed E-state index contributed by atoms with van der Waals surface area (Å²) in [6.07, 6.45) is 0. The van der Waals surface area contributed by atoms with E-state index in [2.05, 4.69) is 9.71 Å². The van der Waals surface area contributed by atoms with Crippen molar-refractivity contribution in [2.75, 3.05) is 13.2 Å². The van der Waals surface area contributed by atoms with E-state index in [1.54, 1.807) is 24.3 Å². The van der Waals surface area contributed by atoms with Crippen molar-refractivity contribution in [3.63, 3.8) is 0 Å². The fourth-order valence-corrected chi connectivity index (χ4v) is 3.34. The normalized spacial score (nSPS) is 17.2. The minimum absolute atomic E-state index is 0.271. The van der Waals surface area contributed by atoms with Gasteiger partial charge in [-0.25, -0.2) is 8.42 Å². The summed E-state index contributed by atoms with van der Waals surface area (Å²) >= 11 is 0. The van der Waals surface area contributed by atoms with E-state index in [0.29, 0.717) is 24.6 Å². The molecule has 2 aromatic rings. The molecule has 2 aromatic carbocycles. The van der Waals surface area contributed by atoms with Gasteiger partial charge in [0.05, 0.1) is 11.4 Å². The van der Waals surface area contributed by atoms with Crippen LogP contribution in [0.5, 0.6) is 5.75 Å². The van der Waals surface area contributed by atoms with E-state index >= 15 is 0 Å². The number of hydrogen-bond acceptors (Lipinski definition) is 4. The highest BCUT2D eigenvalue weighted by atomic mass is 32.2. The molecule has 0 unspecified atom stereocenters. The van der Waals surface area contributed by atoms with Crippen LogP contribution in [0.25, 0.3) is 0 Å². The maximum atomic E-state index is 11.9. The Morgan fingerprint density at radius 2 is 1.71 bits per heavy atom. The summed E-state index contributed by atoms with van der Waals surface area (Å²) in [5, 5.41) is 0. The van der Waals surface area contributed by atoms with Crippen LogP contribution in [-0.4, -0.2) is 27.4 Å². The maximum Gasteiger partial charge on any atom is 0.263 e. The number of nitrogens with one attached hydrogen (secondary N) is 1. The van der Waals surface area contributed by atoms with Crippen molar-refractivity contribution < 1.29 is 13.2 Å². The predicted molar refractivity (Wildman–Crippen MR) is 80.1 cm³/mol. The van der Waals surface area contributed by atoms with Crippen molar-refractivity contribution in [3.8, 4) is 5.75 Å². The summed E-state index contributed by atoms with van der Waals surface area (Å²) < 4.78 is 31.8. The van der Waals surface area contributed by atoms with Gasteiger partial charge in [0.15, 0.2) is 0 Å². The number of sulfonamides is 1. The Morgan fingerprint density at radius 1 is 1.00 bits per heavy atom. The van der Waals surface area contributed by atoms with Gasteiger partial charge >= 0.3 is 0 Å². The van der Waals surface area contributed by atoms with Crippen molar-refractivity contribution >= 4 is 15.9 Å². The van der Waals surface area contributed by atoms with Gasteiger partial charge in [0.2, 0.25) is 0 Å². The Morgan fingerprint density at radius 3 is 2.52 bits per heavy atom. The van der Waals surface area contributed by atoms with Gasteiger partial charge in [-0.1, -0.05) is 30.3 Å². The zero-order chi connectivity index (χ0) is 14.7. The Hall–Kier alpha value is -2.34. The molecule has 0 aliphatic carbocycles. The fourth-order valence-electron chi connectivity index (χ4n) is 2.09. The minimum atomic E-state index is -3.47. The zero-order valence-corrected chi connectivity index (χ0v) is 12.0. The van der Waals surface area contributed by atoms with Gasteiger partial charge in [0.1, 0.15) is 18.2 Å². The molecule has 3 rings (SSSR count). The molecule has 0 amide bonds. The quantitative estimate of drug-likeness (QED) is 0.876. The van der Waals surface area contributed by atoms with Crippen LogP contribution in [0.3, 0.4) is 0 Å². The Kier molecular flexibility index (Phi) is 3.62. The van der Waals surface area contributed by atoms with Crippen LogP contribution in [0.2, 0.25) is 0 Å². The number of benzene rings is 2. The summed E-state index contributed by atoms with van der Waals surface area (Å²) in [4.78, 5) is 4.55. The molecule has 0 saturated carbocycles. The second-order valence-corrected chi connectivity index (χ2v) is 6.14. The van der Waals surface area contributed by atoms with E-state index in [-0.39, 0.29) is 4.90 Å². The molecule has 108 valence electrons. The van der Waals surface area contributed by atoms with E-state index in [0.717, 1.165) is 5.75 Å². The number of rotatable bonds is 4. The van der Waals surface area contributed by atoms with Gasteiger partial charge in [-0.2, -0.15) is 0 Å². The maximum absolute atomic E-state index is 11.9. The molecular weight excluding hydrogens is 288 g/mol. The number of fused-ring (bicyclic) bond motifs is 1. The first kappa shape index (κ1) is 13.6. The lowest BCUT2D eigenvalue weighted by atomic mass is 10.2. The van der Waals surface area contributed by atoms with Crippen LogP contribution in [0.1, 0.15) is 5.56 Å². The largest absolute Gasteiger partial charge is 0.492 e. The van der Waals surface area contributed by atoms with E-state index in [1.807, 2.05) is 30.3 Å². The third kappa shape index (κ3) is 2.90. The minimum Gasteiger partial charge on any atom is -0.492 e. The standard InChI is InChI=1S/C15H14N2O3S/c18-21(19)14-9-5-4-8-13(14)15(17-21)16-10-11-20-12-6-2-1-3-7-12/h1-9H,10-11H2,(H,16,17). The molecule has 0 atom stereocenters. The van der Waals surface area contributed by atoms with Gasteiger partial charge in [0, 0.05) is 5.56 Å². The molecule has 0 saturated heterocycles. The smallest absolute Gasteiger partial charge is 0.263 e. The van der Waals surface area contributed by atoms with Gasteiger partial charge in [0.25, 0.3) is 10.0 Å². The monoisotopic (exact) mass is 302 g/mol. The third-order valence-electron chi connectivity index (χ3n) is 3.04. The third-order valence-corrected chi connectivity index (χ3v) is 4.43. The van der Waals surface area contributed by atoms with Crippen molar-refractivity contribution in [2.24, 2.45) is 4.99 Å². The number of para-hydroxylation sites is 1. The highest BCUT2D eigenvalue weighted by Gasteiger charge is 2.29. The average Bonchev–Trinajstić information content (AvgIpc) is 2.77. The molecule has 0 radical (unpaired) electrons. The molecule has 21 heavy (non-hydrogen) atoms. The summed E-state index contributed by atoms with van der Waals surface area (Å²) in [7, 11) is -3.47. The first-order valence-electron chi connectivity index (χ1n) is 6.51. The number of amidine groups is 1. The molecule has 5 nitrogen and oxygen atoms in total. The molecule has 1 N–H and O–H groups in total. The lowest BCUT2D eigenvalue weighted by molar-refractivity contribution is 0.329. The van der Waals surface area contributed by atoms with E-state index < -0.39 is 10.0 Å². The topological polar surface area (TPSA) is 67.8 Å². The average molecular weight is 302 g/mol. The SMILES string of the molecule is O=S1(=O)NC(=NCCOc2ccccc2)c2ccccc21. The Labute approximate surface area is 123 Å². The second-order valence-electron chi connectivity index (χ2n) is 4.49. The summed E-state index contributed by atoms with van der Waals surface area (Å²) in [5.74, 6) is 1.15. The van der Waals surface area contributed by atoms with Crippen molar-refractivity contribution in [1.29, 1.82) is 0 Å². The number of hydrogen-bond donors (Lipinski definition) is 1. The first-order valence-corrected chi connectivity index (χ1v) is 8.00. The van der Waals surface area contributed by atoms with Crippen LogP contribution in [0, 0.1) is 0 Å². The molecule has 0 aromatic heterocycles. The molecule has 0 spiro atoms. The molecule has 6 heteroatoms. The number of aliphatic imine (C=N–C) groups is 1. The number of nitrogens with zero attached hydrogens (tertiary/aromatic N) is 1. The molecule has 0 bridgehead atoms. The van der Waals surface area contributed by atoms with Crippen molar-refractivity contribution in [3.05, 3.63) is 60.2 Å². The van der Waals surface area contributed by atoms with Crippen LogP contribution < -0.4 is 9.46 Å². The molecular formula is C15H14N2O3S. The van der Waals surface area contributed by atoms with Crippen LogP contribution >= 0.6 is 0 Å². The van der Waals surface area contributed by atoms with E-state index in [1.165, 1.54) is 0 Å². The lowest BCUT2D eigenvalue weighted by Gasteiger charge is -2.04. The van der Waals surface area contributed by atoms with Gasteiger partial charge in [-0.05, 0) is 24.3 Å². The lowest BCUT2D eigenvalue weighted by Crippen LogP contribution is -2.23. The molecule has 0 fully saturated rings. The van der Waals surface area contributed by atoms with Gasteiger partial charge in [-0.15, -0.1) is 0 Å². The fraction of sp³-hybridized carbons (Fsp3) is 0.133. The van der Waals surface area contributed by atoms with E-state index in [9.17, 15) is 8.42 Å². The summed E-state index contributed by atoms with van der Waals surface area (Å²) in [6.45, 7) is 0.762. The Bertz CT molecular complexity index is 771. The van der Waals surface area contributed by atoms with Crippen LogP contribution in [0.4, 0.5) is 0 Å². The number of ether oxygens (including phenoxy) is 1. The van der Waals surface area contributed by atoms with Crippen molar-refractivity contribution in [1.82, 2.24) is 4.72 Å². The van der Waals surface area contributed by atoms with E-state index in [4.69, 9.17) is 4.74 Å². The second kappa shape index (κ2) is 5.57. The first-order chi connectivity index (χ1) is 10.2.